The number of aromatic nitrogens is 1. The second-order valence-electron chi connectivity index (χ2n) is 9.00. The van der Waals surface area contributed by atoms with Crippen molar-refractivity contribution in [1.82, 2.24) is 15.0 Å². The molecule has 7 heteroatoms. The van der Waals surface area contributed by atoms with Gasteiger partial charge in [0, 0.05) is 43.5 Å². The molecule has 2 aliphatic rings. The zero-order chi connectivity index (χ0) is 22.6. The van der Waals surface area contributed by atoms with Crippen LogP contribution in [-0.4, -0.2) is 68.1 Å². The van der Waals surface area contributed by atoms with Gasteiger partial charge in [-0.1, -0.05) is 22.9 Å². The Kier molecular flexibility index (Phi) is 6.51. The first-order chi connectivity index (χ1) is 16.1. The van der Waals surface area contributed by atoms with Crippen LogP contribution >= 0.6 is 0 Å². The molecule has 3 heterocycles. The fraction of sp³-hybridized carbons (Fsp3) is 0.423. The molecule has 2 aliphatic heterocycles. The summed E-state index contributed by atoms with van der Waals surface area (Å²) >= 11 is 0. The van der Waals surface area contributed by atoms with Crippen LogP contribution in [0.5, 0.6) is 11.5 Å². The molecule has 0 aliphatic carbocycles. The maximum absolute atomic E-state index is 5.59. The zero-order valence-electron chi connectivity index (χ0n) is 19.5. The highest BCUT2D eigenvalue weighted by molar-refractivity contribution is 5.64. The van der Waals surface area contributed by atoms with Gasteiger partial charge in [-0.3, -0.25) is 9.80 Å². The van der Waals surface area contributed by atoms with E-state index in [0.717, 1.165) is 80.8 Å². The van der Waals surface area contributed by atoms with Crippen LogP contribution in [0, 0.1) is 6.92 Å². The van der Waals surface area contributed by atoms with Gasteiger partial charge in [0.25, 0.3) is 0 Å². The summed E-state index contributed by atoms with van der Waals surface area (Å²) in [7, 11) is 2.14. The van der Waals surface area contributed by atoms with E-state index in [1.54, 1.807) is 0 Å². The summed E-state index contributed by atoms with van der Waals surface area (Å²) in [6.45, 7) is 9.76. The fourth-order valence-electron chi connectivity index (χ4n) is 4.47. The maximum Gasteiger partial charge on any atom is 0.231 e. The van der Waals surface area contributed by atoms with Gasteiger partial charge in [0.05, 0.1) is 6.54 Å². The zero-order valence-corrected chi connectivity index (χ0v) is 19.5. The predicted molar refractivity (Wildman–Crippen MR) is 129 cm³/mol. The fourth-order valence-corrected chi connectivity index (χ4v) is 4.47. The van der Waals surface area contributed by atoms with Gasteiger partial charge in [0.15, 0.2) is 17.3 Å². The number of hydrogen-bond acceptors (Lipinski definition) is 7. The van der Waals surface area contributed by atoms with Crippen molar-refractivity contribution >= 4 is 5.69 Å². The van der Waals surface area contributed by atoms with Crippen molar-refractivity contribution in [2.24, 2.45) is 0 Å². The van der Waals surface area contributed by atoms with Crippen molar-refractivity contribution in [3.8, 4) is 22.8 Å². The quantitative estimate of drug-likeness (QED) is 0.516. The Hall–Kier alpha value is -3.03. The summed E-state index contributed by atoms with van der Waals surface area (Å²) < 4.78 is 16.4. The summed E-state index contributed by atoms with van der Waals surface area (Å²) in [6, 6.07) is 16.7. The lowest BCUT2D eigenvalue weighted by atomic mass is 10.1. The first kappa shape index (κ1) is 21.8. The van der Waals surface area contributed by atoms with Crippen molar-refractivity contribution in [1.29, 1.82) is 0 Å². The standard InChI is InChI=1S/C26H32N4O3/c1-20-4-7-22(8-5-20)30-14-12-29(13-15-30)11-3-10-28(2)18-23-17-24(27-33-23)21-6-9-25-26(16-21)32-19-31-25/h4-9,16-17H,3,10-15,18-19H2,1-2H3. The highest BCUT2D eigenvalue weighted by Crippen LogP contribution is 2.35. The van der Waals surface area contributed by atoms with E-state index >= 15 is 0 Å². The van der Waals surface area contributed by atoms with Crippen LogP contribution in [0.15, 0.2) is 53.1 Å². The summed E-state index contributed by atoms with van der Waals surface area (Å²) in [5.74, 6) is 2.41. The second kappa shape index (κ2) is 9.85. The molecule has 174 valence electrons. The monoisotopic (exact) mass is 448 g/mol. The van der Waals surface area contributed by atoms with Gasteiger partial charge in [0.1, 0.15) is 5.69 Å². The molecular weight excluding hydrogens is 416 g/mol. The van der Waals surface area contributed by atoms with Crippen molar-refractivity contribution in [3.05, 3.63) is 59.9 Å². The van der Waals surface area contributed by atoms with Gasteiger partial charge in [-0.25, -0.2) is 0 Å². The summed E-state index contributed by atoms with van der Waals surface area (Å²) in [4.78, 5) is 7.36. The largest absolute Gasteiger partial charge is 0.454 e. The minimum absolute atomic E-state index is 0.274. The Morgan fingerprint density at radius 1 is 0.939 bits per heavy atom. The Labute approximate surface area is 195 Å². The molecule has 0 atom stereocenters. The SMILES string of the molecule is Cc1ccc(N2CCN(CCCN(C)Cc3cc(-c4ccc5c(c4)OCO5)no3)CC2)cc1. The van der Waals surface area contributed by atoms with Gasteiger partial charge in [0.2, 0.25) is 6.79 Å². The Morgan fingerprint density at radius 3 is 2.55 bits per heavy atom. The first-order valence-corrected chi connectivity index (χ1v) is 11.7. The van der Waals surface area contributed by atoms with Gasteiger partial charge < -0.3 is 18.9 Å². The van der Waals surface area contributed by atoms with Crippen LogP contribution in [-0.2, 0) is 6.54 Å². The molecule has 0 saturated carbocycles. The number of nitrogens with zero attached hydrogens (tertiary/aromatic N) is 4. The molecule has 7 nitrogen and oxygen atoms in total. The van der Waals surface area contributed by atoms with E-state index in [-0.39, 0.29) is 6.79 Å². The molecule has 0 spiro atoms. The number of rotatable bonds is 8. The highest BCUT2D eigenvalue weighted by Gasteiger charge is 2.18. The molecule has 0 N–H and O–H groups in total. The number of ether oxygens (including phenoxy) is 2. The number of hydrogen-bond donors (Lipinski definition) is 0. The van der Waals surface area contributed by atoms with E-state index in [1.165, 1.54) is 11.3 Å². The summed E-state index contributed by atoms with van der Waals surface area (Å²) in [5.41, 5.74) is 4.45. The third kappa shape index (κ3) is 5.31. The van der Waals surface area contributed by atoms with Gasteiger partial charge in [-0.2, -0.15) is 0 Å². The molecule has 2 aromatic carbocycles. The number of aryl methyl sites for hydroxylation is 1. The third-order valence-electron chi connectivity index (χ3n) is 6.44. The van der Waals surface area contributed by atoms with Crippen molar-refractivity contribution in [2.75, 3.05) is 58.0 Å². The molecule has 1 fully saturated rings. The lowest BCUT2D eigenvalue weighted by Gasteiger charge is -2.36. The van der Waals surface area contributed by atoms with E-state index in [4.69, 9.17) is 14.0 Å². The summed E-state index contributed by atoms with van der Waals surface area (Å²) in [6.07, 6.45) is 1.14. The number of anilines is 1. The molecule has 3 aromatic rings. The summed E-state index contributed by atoms with van der Waals surface area (Å²) in [5, 5.41) is 4.24. The van der Waals surface area contributed by atoms with E-state index in [2.05, 4.69) is 58.1 Å². The lowest BCUT2D eigenvalue weighted by molar-refractivity contribution is 0.174. The van der Waals surface area contributed by atoms with Gasteiger partial charge in [-0.15, -0.1) is 0 Å². The van der Waals surface area contributed by atoms with Crippen LogP contribution in [0.2, 0.25) is 0 Å². The van der Waals surface area contributed by atoms with Crippen LogP contribution in [0.25, 0.3) is 11.3 Å². The Balaban J connectivity index is 1.04. The van der Waals surface area contributed by atoms with Crippen molar-refractivity contribution < 1.29 is 14.0 Å². The average Bonchev–Trinajstić information content (AvgIpc) is 3.49. The second-order valence-corrected chi connectivity index (χ2v) is 9.00. The van der Waals surface area contributed by atoms with Gasteiger partial charge in [-0.05, 0) is 63.8 Å². The van der Waals surface area contributed by atoms with Crippen LogP contribution in [0.3, 0.4) is 0 Å². The molecule has 33 heavy (non-hydrogen) atoms. The van der Waals surface area contributed by atoms with E-state index < -0.39 is 0 Å². The molecule has 1 saturated heterocycles. The first-order valence-electron chi connectivity index (χ1n) is 11.7. The lowest BCUT2D eigenvalue weighted by Crippen LogP contribution is -2.47. The van der Waals surface area contributed by atoms with E-state index in [0.29, 0.717) is 0 Å². The smallest absolute Gasteiger partial charge is 0.231 e. The Bertz CT molecular complexity index is 1060. The van der Waals surface area contributed by atoms with Crippen molar-refractivity contribution in [3.63, 3.8) is 0 Å². The molecule has 0 amide bonds. The molecular formula is C26H32N4O3. The van der Waals surface area contributed by atoms with Crippen LogP contribution in [0.4, 0.5) is 5.69 Å². The third-order valence-corrected chi connectivity index (χ3v) is 6.44. The predicted octanol–water partition coefficient (Wildman–Crippen LogP) is 4.02. The topological polar surface area (TPSA) is 54.2 Å². The highest BCUT2D eigenvalue weighted by atomic mass is 16.7. The number of piperazine rings is 1. The maximum atomic E-state index is 5.59. The minimum Gasteiger partial charge on any atom is -0.454 e. The number of fused-ring (bicyclic) bond motifs is 1. The molecule has 1 aromatic heterocycles. The minimum atomic E-state index is 0.274. The molecule has 0 radical (unpaired) electrons. The van der Waals surface area contributed by atoms with Crippen LogP contribution in [0.1, 0.15) is 17.7 Å². The molecule has 0 bridgehead atoms. The number of benzene rings is 2. The normalized spacial score (nSPS) is 16.0. The average molecular weight is 449 g/mol. The van der Waals surface area contributed by atoms with Crippen LogP contribution < -0.4 is 14.4 Å². The van der Waals surface area contributed by atoms with E-state index in [9.17, 15) is 0 Å². The Morgan fingerprint density at radius 2 is 1.73 bits per heavy atom. The van der Waals surface area contributed by atoms with E-state index in [1.807, 2.05) is 24.3 Å². The molecule has 5 rings (SSSR count). The van der Waals surface area contributed by atoms with Crippen molar-refractivity contribution in [2.45, 2.75) is 19.9 Å². The molecule has 0 unspecified atom stereocenters. The van der Waals surface area contributed by atoms with Gasteiger partial charge >= 0.3 is 0 Å².